The lowest BCUT2D eigenvalue weighted by Crippen LogP contribution is -2.52. The molecule has 0 spiro atoms. The Bertz CT molecular complexity index is 659. The van der Waals surface area contributed by atoms with Crippen molar-refractivity contribution in [3.63, 3.8) is 0 Å². The van der Waals surface area contributed by atoms with Gasteiger partial charge in [0.2, 0.25) is 0 Å². The maximum absolute atomic E-state index is 4.45. The Labute approximate surface area is 148 Å². The van der Waals surface area contributed by atoms with E-state index in [1.54, 1.807) is 0 Å². The minimum atomic E-state index is 0.845. The largest absolute Gasteiger partial charge is 0.353 e. The fraction of sp³-hybridized carbons (Fsp3) is 0.444. The van der Waals surface area contributed by atoms with Crippen LogP contribution in [0.5, 0.6) is 0 Å². The van der Waals surface area contributed by atoms with Gasteiger partial charge in [0.25, 0.3) is 0 Å². The van der Waals surface area contributed by atoms with Crippen LogP contribution in [0.15, 0.2) is 41.5 Å². The number of guanidine groups is 1. The minimum Gasteiger partial charge on any atom is -0.353 e. The predicted molar refractivity (Wildman–Crippen MR) is 102 cm³/mol. The van der Waals surface area contributed by atoms with Gasteiger partial charge >= 0.3 is 0 Å². The number of aromatic nitrogens is 1. The van der Waals surface area contributed by atoms with Crippen LogP contribution < -0.4 is 10.2 Å². The van der Waals surface area contributed by atoms with E-state index in [0.717, 1.165) is 50.9 Å². The van der Waals surface area contributed by atoms with Gasteiger partial charge in [-0.05, 0) is 30.7 Å². The van der Waals surface area contributed by atoms with Gasteiger partial charge in [0.1, 0.15) is 5.82 Å². The molecule has 0 saturated carbocycles. The van der Waals surface area contributed by atoms with Crippen molar-refractivity contribution in [2.75, 3.05) is 38.1 Å². The molecule has 0 aliphatic carbocycles. The van der Waals surface area contributed by atoms with E-state index in [4.69, 9.17) is 0 Å². The Balaban J connectivity index is 1.52. The minimum absolute atomic E-state index is 0.845. The Hall–Kier alpha value is -2.08. The average Bonchev–Trinajstić information content (AvgIpc) is 3.12. The van der Waals surface area contributed by atoms with Gasteiger partial charge in [-0.3, -0.25) is 4.99 Å². The van der Waals surface area contributed by atoms with Gasteiger partial charge in [-0.2, -0.15) is 0 Å². The molecule has 2 aromatic rings. The third-order valence-electron chi connectivity index (χ3n) is 4.25. The van der Waals surface area contributed by atoms with Crippen LogP contribution in [-0.4, -0.2) is 49.1 Å². The summed E-state index contributed by atoms with van der Waals surface area (Å²) in [5, 5.41) is 3.50. The first-order valence-corrected chi connectivity index (χ1v) is 9.31. The molecular formula is C18H25N5S. The highest BCUT2D eigenvalue weighted by molar-refractivity contribution is 7.11. The normalized spacial score (nSPS) is 15.7. The molecule has 1 saturated heterocycles. The molecule has 0 aromatic carbocycles. The smallest absolute Gasteiger partial charge is 0.194 e. The zero-order chi connectivity index (χ0) is 16.8. The molecule has 1 aliphatic heterocycles. The van der Waals surface area contributed by atoms with Gasteiger partial charge in [0, 0.05) is 49.2 Å². The second-order valence-electron chi connectivity index (χ2n) is 5.78. The lowest BCUT2D eigenvalue weighted by Gasteiger charge is -2.37. The molecule has 1 N–H and O–H groups in total. The number of hydrogen-bond donors (Lipinski definition) is 1. The number of aryl methyl sites for hydroxylation is 1. The van der Waals surface area contributed by atoms with Crippen molar-refractivity contribution >= 4 is 23.1 Å². The number of hydrogen-bond acceptors (Lipinski definition) is 4. The Morgan fingerprint density at radius 2 is 1.96 bits per heavy atom. The van der Waals surface area contributed by atoms with Crippen LogP contribution in [0, 0.1) is 0 Å². The monoisotopic (exact) mass is 343 g/mol. The van der Waals surface area contributed by atoms with Crippen molar-refractivity contribution < 1.29 is 0 Å². The Kier molecular flexibility index (Phi) is 5.69. The van der Waals surface area contributed by atoms with E-state index in [0.29, 0.717) is 0 Å². The number of pyridine rings is 1. The molecule has 0 radical (unpaired) electrons. The maximum Gasteiger partial charge on any atom is 0.194 e. The quantitative estimate of drug-likeness (QED) is 0.685. The van der Waals surface area contributed by atoms with E-state index >= 15 is 0 Å². The highest BCUT2D eigenvalue weighted by Crippen LogP contribution is 2.17. The molecule has 0 amide bonds. The summed E-state index contributed by atoms with van der Waals surface area (Å²) in [5.41, 5.74) is 0. The van der Waals surface area contributed by atoms with Gasteiger partial charge in [-0.25, -0.2) is 4.98 Å². The topological polar surface area (TPSA) is 43.8 Å². The van der Waals surface area contributed by atoms with E-state index in [9.17, 15) is 0 Å². The Morgan fingerprint density at radius 1 is 1.17 bits per heavy atom. The first-order chi connectivity index (χ1) is 11.8. The highest BCUT2D eigenvalue weighted by atomic mass is 32.1. The van der Waals surface area contributed by atoms with E-state index in [1.165, 1.54) is 9.75 Å². The second-order valence-corrected chi connectivity index (χ2v) is 7.04. The molecule has 1 aliphatic rings. The zero-order valence-corrected chi connectivity index (χ0v) is 15.2. The predicted octanol–water partition coefficient (Wildman–Crippen LogP) is 2.60. The summed E-state index contributed by atoms with van der Waals surface area (Å²) >= 11 is 1.88. The number of thiophene rings is 1. The van der Waals surface area contributed by atoms with Gasteiger partial charge < -0.3 is 15.1 Å². The van der Waals surface area contributed by atoms with Crippen molar-refractivity contribution in [1.29, 1.82) is 0 Å². The summed E-state index contributed by atoms with van der Waals surface area (Å²) in [6.07, 6.45) is 2.96. The summed E-state index contributed by atoms with van der Waals surface area (Å²) < 4.78 is 0. The molecule has 6 heteroatoms. The molecule has 3 rings (SSSR count). The number of anilines is 1. The molecule has 3 heterocycles. The fourth-order valence-corrected chi connectivity index (χ4v) is 3.79. The van der Waals surface area contributed by atoms with Crippen LogP contribution in [0.3, 0.4) is 0 Å². The summed E-state index contributed by atoms with van der Waals surface area (Å²) in [4.78, 5) is 16.3. The number of piperazine rings is 1. The summed E-state index contributed by atoms with van der Waals surface area (Å²) in [6.45, 7) is 6.90. The van der Waals surface area contributed by atoms with Crippen molar-refractivity contribution in [2.24, 2.45) is 4.99 Å². The van der Waals surface area contributed by atoms with Crippen LogP contribution in [0.4, 0.5) is 5.82 Å². The molecule has 0 unspecified atom stereocenters. The molecule has 0 bridgehead atoms. The molecule has 24 heavy (non-hydrogen) atoms. The second kappa shape index (κ2) is 8.15. The first-order valence-electron chi connectivity index (χ1n) is 8.49. The molecular weight excluding hydrogens is 318 g/mol. The molecule has 0 atom stereocenters. The van der Waals surface area contributed by atoms with E-state index < -0.39 is 0 Å². The van der Waals surface area contributed by atoms with Crippen molar-refractivity contribution in [2.45, 2.75) is 19.9 Å². The standard InChI is InChI=1S/C18H25N5S/c1-3-15-7-8-16(24-15)14-21-18(19-2)23-12-10-22(11-13-23)17-6-4-5-9-20-17/h4-9H,3,10-14H2,1-2H3,(H,19,21). The van der Waals surface area contributed by atoms with Crippen LogP contribution in [0.1, 0.15) is 16.7 Å². The van der Waals surface area contributed by atoms with Gasteiger partial charge in [0.15, 0.2) is 5.96 Å². The fourth-order valence-electron chi connectivity index (χ4n) is 2.89. The number of rotatable bonds is 4. The number of nitrogens with one attached hydrogen (secondary N) is 1. The van der Waals surface area contributed by atoms with Crippen molar-refractivity contribution in [1.82, 2.24) is 15.2 Å². The molecule has 2 aromatic heterocycles. The van der Waals surface area contributed by atoms with Gasteiger partial charge in [-0.15, -0.1) is 11.3 Å². The van der Waals surface area contributed by atoms with Crippen molar-refractivity contribution in [3.05, 3.63) is 46.3 Å². The number of nitrogens with zero attached hydrogens (tertiary/aromatic N) is 4. The molecule has 5 nitrogen and oxygen atoms in total. The average molecular weight is 344 g/mol. The third kappa shape index (κ3) is 4.06. The third-order valence-corrected chi connectivity index (χ3v) is 5.48. The van der Waals surface area contributed by atoms with Crippen molar-refractivity contribution in [3.8, 4) is 0 Å². The van der Waals surface area contributed by atoms with E-state index in [1.807, 2.05) is 36.7 Å². The van der Waals surface area contributed by atoms with Crippen LogP contribution in [-0.2, 0) is 13.0 Å². The highest BCUT2D eigenvalue weighted by Gasteiger charge is 2.20. The lowest BCUT2D eigenvalue weighted by molar-refractivity contribution is 0.371. The number of aliphatic imine (C=N–C) groups is 1. The van der Waals surface area contributed by atoms with Crippen LogP contribution >= 0.6 is 11.3 Å². The summed E-state index contributed by atoms with van der Waals surface area (Å²) in [7, 11) is 1.86. The molecule has 1 fully saturated rings. The SMILES string of the molecule is CCc1ccc(CNC(=NC)N2CCN(c3ccccn3)CC2)s1. The first kappa shape index (κ1) is 16.8. The molecule has 128 valence electrons. The van der Waals surface area contributed by atoms with E-state index in [2.05, 4.69) is 50.2 Å². The van der Waals surface area contributed by atoms with Gasteiger partial charge in [0.05, 0.1) is 6.54 Å². The lowest BCUT2D eigenvalue weighted by atomic mass is 10.3. The Morgan fingerprint density at radius 3 is 2.58 bits per heavy atom. The summed E-state index contributed by atoms with van der Waals surface area (Å²) in [6, 6.07) is 10.5. The van der Waals surface area contributed by atoms with Gasteiger partial charge in [-0.1, -0.05) is 13.0 Å². The zero-order valence-electron chi connectivity index (χ0n) is 14.4. The maximum atomic E-state index is 4.45. The van der Waals surface area contributed by atoms with E-state index in [-0.39, 0.29) is 0 Å². The van der Waals surface area contributed by atoms with Crippen LogP contribution in [0.2, 0.25) is 0 Å². The van der Waals surface area contributed by atoms with Crippen LogP contribution in [0.25, 0.3) is 0 Å². The summed E-state index contributed by atoms with van der Waals surface area (Å²) in [5.74, 6) is 2.05.